The number of alkyl carbamates (subject to hydrolysis) is 1. The lowest BCUT2D eigenvalue weighted by Crippen LogP contribution is -2.43. The zero-order valence-electron chi connectivity index (χ0n) is 19.4. The summed E-state index contributed by atoms with van der Waals surface area (Å²) in [6.45, 7) is 4.01. The molecule has 1 amide bonds. The Balaban J connectivity index is 1.28. The SMILES string of the molecule is Cc1cc(CC(NC(=O)OCC2c3ccccc3-c3ccccc32)C(=O)O)c(C)n1-c1nccs1. The molecule has 0 spiro atoms. The predicted octanol–water partition coefficient (Wildman–Crippen LogP) is 5.09. The van der Waals surface area contributed by atoms with Crippen molar-refractivity contribution < 1.29 is 19.4 Å². The van der Waals surface area contributed by atoms with E-state index in [9.17, 15) is 14.7 Å². The molecule has 2 heterocycles. The molecule has 7 nitrogen and oxygen atoms in total. The van der Waals surface area contributed by atoms with Gasteiger partial charge in [-0.2, -0.15) is 0 Å². The van der Waals surface area contributed by atoms with E-state index in [1.54, 1.807) is 6.20 Å². The molecule has 35 heavy (non-hydrogen) atoms. The van der Waals surface area contributed by atoms with Crippen LogP contribution in [-0.2, 0) is 16.0 Å². The van der Waals surface area contributed by atoms with E-state index < -0.39 is 18.1 Å². The molecular formula is C27H25N3O4S. The van der Waals surface area contributed by atoms with Crippen LogP contribution in [0, 0.1) is 13.8 Å². The summed E-state index contributed by atoms with van der Waals surface area (Å²) in [7, 11) is 0. The zero-order chi connectivity index (χ0) is 24.5. The van der Waals surface area contributed by atoms with E-state index in [4.69, 9.17) is 4.74 Å². The molecule has 2 aromatic carbocycles. The number of amides is 1. The smallest absolute Gasteiger partial charge is 0.407 e. The van der Waals surface area contributed by atoms with E-state index in [1.165, 1.54) is 11.3 Å². The number of carbonyl (C=O) groups is 2. The Hall–Kier alpha value is -3.91. The van der Waals surface area contributed by atoms with Gasteiger partial charge in [0.1, 0.15) is 12.6 Å². The predicted molar refractivity (Wildman–Crippen MR) is 134 cm³/mol. The van der Waals surface area contributed by atoms with Crippen molar-refractivity contribution in [3.8, 4) is 16.3 Å². The Labute approximate surface area is 207 Å². The lowest BCUT2D eigenvalue weighted by Gasteiger charge is -2.17. The highest BCUT2D eigenvalue weighted by atomic mass is 32.1. The zero-order valence-corrected chi connectivity index (χ0v) is 20.2. The molecule has 1 atom stereocenters. The van der Waals surface area contributed by atoms with Crippen LogP contribution in [0.15, 0.2) is 66.2 Å². The molecule has 0 saturated heterocycles. The maximum Gasteiger partial charge on any atom is 0.407 e. The highest BCUT2D eigenvalue weighted by molar-refractivity contribution is 7.12. The number of benzene rings is 2. The third-order valence-electron chi connectivity index (χ3n) is 6.50. The minimum absolute atomic E-state index is 0.0892. The molecule has 2 aromatic heterocycles. The number of carboxylic acid groups (broad SMARTS) is 1. The number of nitrogens with one attached hydrogen (secondary N) is 1. The number of carbonyl (C=O) groups excluding carboxylic acids is 1. The number of aromatic nitrogens is 2. The van der Waals surface area contributed by atoms with Crippen LogP contribution in [0.2, 0.25) is 0 Å². The van der Waals surface area contributed by atoms with Gasteiger partial charge in [-0.1, -0.05) is 48.5 Å². The Morgan fingerprint density at radius 2 is 1.77 bits per heavy atom. The van der Waals surface area contributed by atoms with Crippen LogP contribution in [0.3, 0.4) is 0 Å². The van der Waals surface area contributed by atoms with Gasteiger partial charge in [0.15, 0.2) is 5.13 Å². The summed E-state index contributed by atoms with van der Waals surface area (Å²) in [6, 6.07) is 17.0. The van der Waals surface area contributed by atoms with E-state index in [0.717, 1.165) is 44.3 Å². The van der Waals surface area contributed by atoms with Gasteiger partial charge in [0.2, 0.25) is 0 Å². The van der Waals surface area contributed by atoms with Crippen LogP contribution < -0.4 is 5.32 Å². The van der Waals surface area contributed by atoms with Gasteiger partial charge in [0, 0.05) is 35.3 Å². The molecule has 1 unspecified atom stereocenters. The molecule has 0 saturated carbocycles. The topological polar surface area (TPSA) is 93.5 Å². The number of nitrogens with zero attached hydrogens (tertiary/aromatic N) is 2. The Morgan fingerprint density at radius 3 is 2.37 bits per heavy atom. The van der Waals surface area contributed by atoms with Crippen molar-refractivity contribution >= 4 is 23.4 Å². The quantitative estimate of drug-likeness (QED) is 0.379. The molecular weight excluding hydrogens is 462 g/mol. The van der Waals surface area contributed by atoms with E-state index in [1.807, 2.05) is 66.3 Å². The highest BCUT2D eigenvalue weighted by Crippen LogP contribution is 2.44. The van der Waals surface area contributed by atoms with Crippen molar-refractivity contribution in [3.05, 3.63) is 94.3 Å². The average molecular weight is 488 g/mol. The maximum absolute atomic E-state index is 12.7. The fraction of sp³-hybridized carbons (Fsp3) is 0.222. The minimum Gasteiger partial charge on any atom is -0.480 e. The largest absolute Gasteiger partial charge is 0.480 e. The average Bonchev–Trinajstić information content (AvgIpc) is 3.54. The van der Waals surface area contributed by atoms with Gasteiger partial charge in [0.25, 0.3) is 0 Å². The van der Waals surface area contributed by atoms with Gasteiger partial charge < -0.3 is 15.2 Å². The van der Waals surface area contributed by atoms with E-state index >= 15 is 0 Å². The van der Waals surface area contributed by atoms with E-state index in [-0.39, 0.29) is 18.9 Å². The molecule has 4 aromatic rings. The van der Waals surface area contributed by atoms with Crippen LogP contribution in [0.25, 0.3) is 16.3 Å². The Morgan fingerprint density at radius 1 is 1.11 bits per heavy atom. The fourth-order valence-corrected chi connectivity index (χ4v) is 5.61. The second kappa shape index (κ2) is 9.38. The van der Waals surface area contributed by atoms with Crippen LogP contribution >= 0.6 is 11.3 Å². The number of aryl methyl sites for hydroxylation is 1. The molecule has 0 fully saturated rings. The van der Waals surface area contributed by atoms with Gasteiger partial charge in [-0.05, 0) is 47.7 Å². The van der Waals surface area contributed by atoms with E-state index in [2.05, 4.69) is 22.4 Å². The van der Waals surface area contributed by atoms with Crippen molar-refractivity contribution in [2.24, 2.45) is 0 Å². The molecule has 0 aliphatic heterocycles. The van der Waals surface area contributed by atoms with Crippen LogP contribution in [-0.4, -0.2) is 39.4 Å². The number of rotatable bonds is 7. The van der Waals surface area contributed by atoms with Crippen molar-refractivity contribution in [2.75, 3.05) is 6.61 Å². The summed E-state index contributed by atoms with van der Waals surface area (Å²) in [6.07, 6.45) is 1.13. The lowest BCUT2D eigenvalue weighted by molar-refractivity contribution is -0.139. The number of aliphatic carboxylic acids is 1. The van der Waals surface area contributed by atoms with Gasteiger partial charge in [-0.15, -0.1) is 11.3 Å². The molecule has 0 radical (unpaired) electrons. The standard InChI is InChI=1S/C27H25N3O4S/c1-16-13-18(17(2)30(16)26-28-11-12-35-26)14-24(25(31)32)29-27(33)34-15-23-21-9-5-3-7-19(21)20-8-4-6-10-22(20)23/h3-13,23-24H,14-15H2,1-2H3,(H,29,33)(H,31,32). The van der Waals surface area contributed by atoms with Crippen molar-refractivity contribution in [3.63, 3.8) is 0 Å². The maximum atomic E-state index is 12.7. The third kappa shape index (κ3) is 4.33. The third-order valence-corrected chi connectivity index (χ3v) is 7.26. The van der Waals surface area contributed by atoms with E-state index in [0.29, 0.717) is 0 Å². The summed E-state index contributed by atoms with van der Waals surface area (Å²) >= 11 is 1.51. The molecule has 1 aliphatic rings. The number of thiazole rings is 1. The first-order valence-electron chi connectivity index (χ1n) is 11.4. The summed E-state index contributed by atoms with van der Waals surface area (Å²) in [5.41, 5.74) is 7.17. The van der Waals surface area contributed by atoms with Crippen molar-refractivity contribution in [1.82, 2.24) is 14.9 Å². The molecule has 2 N–H and O–H groups in total. The Bertz CT molecular complexity index is 1350. The first-order chi connectivity index (χ1) is 16.9. The second-order valence-corrected chi connectivity index (χ2v) is 9.48. The van der Waals surface area contributed by atoms with Crippen LogP contribution in [0.4, 0.5) is 4.79 Å². The van der Waals surface area contributed by atoms with Gasteiger partial charge >= 0.3 is 12.1 Å². The van der Waals surface area contributed by atoms with Crippen molar-refractivity contribution in [2.45, 2.75) is 32.2 Å². The minimum atomic E-state index is -1.11. The fourth-order valence-electron chi connectivity index (χ4n) is 4.86. The number of fused-ring (bicyclic) bond motifs is 3. The van der Waals surface area contributed by atoms with Gasteiger partial charge in [-0.25, -0.2) is 14.6 Å². The van der Waals surface area contributed by atoms with Crippen molar-refractivity contribution in [1.29, 1.82) is 0 Å². The van der Waals surface area contributed by atoms with Gasteiger partial charge in [0.05, 0.1) is 0 Å². The van der Waals surface area contributed by atoms with Crippen LogP contribution in [0.1, 0.15) is 34.0 Å². The molecule has 178 valence electrons. The molecule has 5 rings (SSSR count). The number of carboxylic acids is 1. The molecule has 0 bridgehead atoms. The number of hydrogen-bond acceptors (Lipinski definition) is 5. The normalized spacial score (nSPS) is 13.2. The summed E-state index contributed by atoms with van der Waals surface area (Å²) in [5, 5.41) is 15.0. The summed E-state index contributed by atoms with van der Waals surface area (Å²) in [4.78, 5) is 29.0. The Kier molecular flexibility index (Phi) is 6.13. The molecule has 1 aliphatic carbocycles. The molecule has 8 heteroatoms. The monoisotopic (exact) mass is 487 g/mol. The first-order valence-corrected chi connectivity index (χ1v) is 12.2. The summed E-state index contributed by atoms with van der Waals surface area (Å²) in [5.74, 6) is -1.20. The van der Waals surface area contributed by atoms with Crippen LogP contribution in [0.5, 0.6) is 0 Å². The lowest BCUT2D eigenvalue weighted by atomic mass is 9.98. The first kappa shape index (κ1) is 22.9. The number of hydrogen-bond donors (Lipinski definition) is 2. The summed E-state index contributed by atoms with van der Waals surface area (Å²) < 4.78 is 7.54. The number of ether oxygens (including phenoxy) is 1. The highest BCUT2D eigenvalue weighted by Gasteiger charge is 2.30. The second-order valence-electron chi connectivity index (χ2n) is 8.61. The van der Waals surface area contributed by atoms with Gasteiger partial charge in [-0.3, -0.25) is 4.57 Å².